The van der Waals surface area contributed by atoms with Crippen molar-refractivity contribution in [2.45, 2.75) is 43.4 Å². The Bertz CT molecular complexity index is 194. The van der Waals surface area contributed by atoms with Gasteiger partial charge >= 0.3 is 0 Å². The topological polar surface area (TPSA) is 32.3 Å². The standard InChI is InChI=1S/C11H21NOS/c1-11(8-13)6-9(7-12-11)10-4-2-3-5-14-10/h9-10,12-13H,2-8H2,1H3. The maximum Gasteiger partial charge on any atom is 0.0610 e. The molecular weight excluding hydrogens is 194 g/mol. The molecule has 2 heterocycles. The Kier molecular flexibility index (Phi) is 3.40. The van der Waals surface area contributed by atoms with E-state index in [2.05, 4.69) is 24.0 Å². The van der Waals surface area contributed by atoms with E-state index < -0.39 is 0 Å². The minimum absolute atomic E-state index is 0.00265. The van der Waals surface area contributed by atoms with Gasteiger partial charge in [0.15, 0.2) is 0 Å². The van der Waals surface area contributed by atoms with Gasteiger partial charge < -0.3 is 10.4 Å². The molecule has 2 nitrogen and oxygen atoms in total. The van der Waals surface area contributed by atoms with E-state index in [1.54, 1.807) is 0 Å². The third-order valence-electron chi connectivity index (χ3n) is 3.59. The largest absolute Gasteiger partial charge is 0.394 e. The minimum Gasteiger partial charge on any atom is -0.394 e. The van der Waals surface area contributed by atoms with Gasteiger partial charge in [0.25, 0.3) is 0 Å². The molecule has 2 aliphatic heterocycles. The minimum atomic E-state index is 0.00265. The molecule has 0 aromatic carbocycles. The van der Waals surface area contributed by atoms with E-state index in [9.17, 15) is 5.11 Å². The van der Waals surface area contributed by atoms with E-state index in [1.807, 2.05) is 0 Å². The van der Waals surface area contributed by atoms with Gasteiger partial charge in [-0.05, 0) is 44.4 Å². The number of rotatable bonds is 2. The highest BCUT2D eigenvalue weighted by Crippen LogP contribution is 2.37. The van der Waals surface area contributed by atoms with Crippen molar-refractivity contribution >= 4 is 11.8 Å². The zero-order chi connectivity index (χ0) is 10.0. The first kappa shape index (κ1) is 10.8. The third-order valence-corrected chi connectivity index (χ3v) is 5.17. The van der Waals surface area contributed by atoms with Gasteiger partial charge in [-0.1, -0.05) is 6.42 Å². The van der Waals surface area contributed by atoms with Gasteiger partial charge in [0.1, 0.15) is 0 Å². The van der Waals surface area contributed by atoms with Gasteiger partial charge in [0.2, 0.25) is 0 Å². The molecule has 2 rings (SSSR count). The fourth-order valence-corrected chi connectivity index (χ4v) is 4.09. The van der Waals surface area contributed by atoms with Gasteiger partial charge in [-0.25, -0.2) is 0 Å². The second-order valence-corrected chi connectivity index (χ2v) is 6.32. The summed E-state index contributed by atoms with van der Waals surface area (Å²) in [4.78, 5) is 0. The molecule has 0 radical (unpaired) electrons. The molecule has 2 fully saturated rings. The second kappa shape index (κ2) is 4.42. The van der Waals surface area contributed by atoms with Gasteiger partial charge in [-0.3, -0.25) is 0 Å². The van der Waals surface area contributed by atoms with Crippen molar-refractivity contribution in [2.75, 3.05) is 18.9 Å². The first-order chi connectivity index (χ1) is 6.73. The van der Waals surface area contributed by atoms with E-state index in [0.29, 0.717) is 0 Å². The van der Waals surface area contributed by atoms with Crippen molar-refractivity contribution in [3.05, 3.63) is 0 Å². The predicted octanol–water partition coefficient (Wildman–Crippen LogP) is 1.63. The lowest BCUT2D eigenvalue weighted by molar-refractivity contribution is 0.188. The summed E-state index contributed by atoms with van der Waals surface area (Å²) in [5, 5.41) is 13.6. The number of aliphatic hydroxyl groups excluding tert-OH is 1. The maximum absolute atomic E-state index is 9.27. The molecule has 0 aliphatic carbocycles. The third kappa shape index (κ3) is 2.26. The normalized spacial score (nSPS) is 44.1. The molecule has 14 heavy (non-hydrogen) atoms. The van der Waals surface area contributed by atoms with Crippen molar-refractivity contribution in [3.8, 4) is 0 Å². The van der Waals surface area contributed by atoms with Crippen molar-refractivity contribution in [3.63, 3.8) is 0 Å². The summed E-state index contributed by atoms with van der Waals surface area (Å²) >= 11 is 2.15. The van der Waals surface area contributed by atoms with Crippen LogP contribution in [0.25, 0.3) is 0 Å². The lowest BCUT2D eigenvalue weighted by Crippen LogP contribution is -2.39. The van der Waals surface area contributed by atoms with E-state index in [4.69, 9.17) is 0 Å². The molecule has 82 valence electrons. The van der Waals surface area contributed by atoms with Crippen LogP contribution in [0.3, 0.4) is 0 Å². The van der Waals surface area contributed by atoms with Crippen molar-refractivity contribution in [1.82, 2.24) is 5.32 Å². The molecule has 2 saturated heterocycles. The smallest absolute Gasteiger partial charge is 0.0610 e. The quantitative estimate of drug-likeness (QED) is 0.734. The molecule has 0 saturated carbocycles. The Morgan fingerprint density at radius 2 is 2.36 bits per heavy atom. The zero-order valence-corrected chi connectivity index (χ0v) is 9.78. The molecule has 0 aromatic rings. The van der Waals surface area contributed by atoms with Crippen LogP contribution in [0.1, 0.15) is 32.6 Å². The van der Waals surface area contributed by atoms with E-state index >= 15 is 0 Å². The number of hydrogen-bond donors (Lipinski definition) is 2. The molecule has 3 atom stereocenters. The van der Waals surface area contributed by atoms with E-state index in [-0.39, 0.29) is 12.1 Å². The molecule has 2 aliphatic rings. The summed E-state index contributed by atoms with van der Waals surface area (Å²) in [5.74, 6) is 2.13. The first-order valence-corrected chi connectivity index (χ1v) is 6.76. The highest BCUT2D eigenvalue weighted by atomic mass is 32.2. The molecule has 0 amide bonds. The second-order valence-electron chi connectivity index (χ2n) is 4.97. The summed E-state index contributed by atoms with van der Waals surface area (Å²) in [6, 6.07) is 0. The van der Waals surface area contributed by atoms with Crippen LogP contribution >= 0.6 is 11.8 Å². The van der Waals surface area contributed by atoms with Gasteiger partial charge in [0, 0.05) is 10.8 Å². The fourth-order valence-electron chi connectivity index (χ4n) is 2.62. The van der Waals surface area contributed by atoms with E-state index in [1.165, 1.54) is 25.0 Å². The van der Waals surface area contributed by atoms with Crippen LogP contribution in [0.5, 0.6) is 0 Å². The lowest BCUT2D eigenvalue weighted by Gasteiger charge is -2.27. The SMILES string of the molecule is CC1(CO)CC(C2CCCCS2)CN1. The molecule has 0 bridgehead atoms. The van der Waals surface area contributed by atoms with Crippen LogP contribution in [-0.4, -0.2) is 34.8 Å². The molecule has 3 unspecified atom stereocenters. The Hall–Kier alpha value is 0.270. The van der Waals surface area contributed by atoms with Crippen LogP contribution < -0.4 is 5.32 Å². The van der Waals surface area contributed by atoms with Gasteiger partial charge in [0.05, 0.1) is 6.61 Å². The number of hydrogen-bond acceptors (Lipinski definition) is 3. The molecule has 0 aromatic heterocycles. The van der Waals surface area contributed by atoms with Crippen molar-refractivity contribution in [1.29, 1.82) is 0 Å². The zero-order valence-electron chi connectivity index (χ0n) is 8.96. The van der Waals surface area contributed by atoms with Crippen molar-refractivity contribution < 1.29 is 5.11 Å². The summed E-state index contributed by atoms with van der Waals surface area (Å²) in [5.41, 5.74) is 0.00265. The fraction of sp³-hybridized carbons (Fsp3) is 1.00. The Morgan fingerprint density at radius 3 is 2.93 bits per heavy atom. The molecule has 2 N–H and O–H groups in total. The van der Waals surface area contributed by atoms with Gasteiger partial charge in [-0.15, -0.1) is 0 Å². The number of aliphatic hydroxyl groups is 1. The Balaban J connectivity index is 1.88. The van der Waals surface area contributed by atoms with Crippen LogP contribution in [0.15, 0.2) is 0 Å². The average Bonchev–Trinajstić information content (AvgIpc) is 2.63. The maximum atomic E-state index is 9.27. The summed E-state index contributed by atoms with van der Waals surface area (Å²) in [7, 11) is 0. The van der Waals surface area contributed by atoms with Crippen LogP contribution in [0, 0.1) is 5.92 Å². The highest BCUT2D eigenvalue weighted by molar-refractivity contribution is 7.99. The lowest BCUT2D eigenvalue weighted by atomic mass is 9.91. The van der Waals surface area contributed by atoms with Crippen LogP contribution in [-0.2, 0) is 0 Å². The van der Waals surface area contributed by atoms with Crippen molar-refractivity contribution in [2.24, 2.45) is 5.92 Å². The van der Waals surface area contributed by atoms with E-state index in [0.717, 1.165) is 24.1 Å². The average molecular weight is 215 g/mol. The number of nitrogens with one attached hydrogen (secondary N) is 1. The Morgan fingerprint density at radius 1 is 1.50 bits per heavy atom. The highest BCUT2D eigenvalue weighted by Gasteiger charge is 2.38. The summed E-state index contributed by atoms with van der Waals surface area (Å²) < 4.78 is 0. The predicted molar refractivity (Wildman–Crippen MR) is 61.7 cm³/mol. The number of thioether (sulfide) groups is 1. The van der Waals surface area contributed by atoms with Gasteiger partial charge in [-0.2, -0.15) is 11.8 Å². The molecule has 3 heteroatoms. The van der Waals surface area contributed by atoms with Crippen LogP contribution in [0.4, 0.5) is 0 Å². The van der Waals surface area contributed by atoms with Crippen LogP contribution in [0.2, 0.25) is 0 Å². The summed E-state index contributed by atoms with van der Waals surface area (Å²) in [6.45, 7) is 3.52. The monoisotopic (exact) mass is 215 g/mol. The Labute approximate surface area is 90.8 Å². The molecular formula is C11H21NOS. The first-order valence-electron chi connectivity index (χ1n) is 5.71. The molecule has 0 spiro atoms. The summed E-state index contributed by atoms with van der Waals surface area (Å²) in [6.07, 6.45) is 5.35.